The van der Waals surface area contributed by atoms with Gasteiger partial charge >= 0.3 is 0 Å². The lowest BCUT2D eigenvalue weighted by atomic mass is 10.3. The van der Waals surface area contributed by atoms with Crippen molar-refractivity contribution in [2.45, 2.75) is 13.8 Å². The van der Waals surface area contributed by atoms with Gasteiger partial charge in [-0.1, -0.05) is 18.2 Å². The topological polar surface area (TPSA) is 112 Å². The summed E-state index contributed by atoms with van der Waals surface area (Å²) >= 11 is 0. The molecule has 1 aromatic carbocycles. The van der Waals surface area contributed by atoms with Crippen molar-refractivity contribution in [1.29, 1.82) is 0 Å². The van der Waals surface area contributed by atoms with Gasteiger partial charge in [0.25, 0.3) is 5.95 Å². The molecule has 9 heteroatoms. The number of pyridine rings is 1. The summed E-state index contributed by atoms with van der Waals surface area (Å²) in [6.07, 6.45) is 3.36. The predicted octanol–water partition coefficient (Wildman–Crippen LogP) is 3.46. The molecule has 134 valence electrons. The van der Waals surface area contributed by atoms with E-state index in [-0.39, 0.29) is 0 Å². The summed E-state index contributed by atoms with van der Waals surface area (Å²) in [6, 6.07) is 13.3. The highest BCUT2D eigenvalue weighted by Crippen LogP contribution is 2.30. The van der Waals surface area contributed by atoms with Gasteiger partial charge in [-0.3, -0.25) is 4.98 Å². The van der Waals surface area contributed by atoms with Crippen molar-refractivity contribution in [3.8, 4) is 11.4 Å². The van der Waals surface area contributed by atoms with Crippen LogP contribution in [0.15, 0.2) is 65.1 Å². The van der Waals surface area contributed by atoms with E-state index in [4.69, 9.17) is 5.73 Å². The van der Waals surface area contributed by atoms with Crippen LogP contribution >= 0.6 is 0 Å². The molecule has 0 aliphatic heterocycles. The monoisotopic (exact) mass is 359 g/mol. The molecule has 0 fully saturated rings. The summed E-state index contributed by atoms with van der Waals surface area (Å²) < 4.78 is 3.25. The molecular formula is C18H17N9. The van der Waals surface area contributed by atoms with E-state index in [9.17, 15) is 0 Å². The van der Waals surface area contributed by atoms with Crippen molar-refractivity contribution in [2.24, 2.45) is 10.2 Å². The number of hydrogen-bond donors (Lipinski definition) is 1. The second-order valence-corrected chi connectivity index (χ2v) is 5.84. The molecular weight excluding hydrogens is 342 g/mol. The van der Waals surface area contributed by atoms with E-state index in [1.54, 1.807) is 28.7 Å². The first-order valence-corrected chi connectivity index (χ1v) is 8.30. The van der Waals surface area contributed by atoms with E-state index in [0.717, 1.165) is 11.4 Å². The predicted molar refractivity (Wildman–Crippen MR) is 101 cm³/mol. The smallest absolute Gasteiger partial charge is 0.272 e. The third-order valence-electron chi connectivity index (χ3n) is 3.91. The van der Waals surface area contributed by atoms with E-state index in [2.05, 4.69) is 30.4 Å². The number of nitrogens with two attached hydrogens (primary N) is 1. The highest BCUT2D eigenvalue weighted by atomic mass is 15.4. The van der Waals surface area contributed by atoms with Crippen molar-refractivity contribution in [3.63, 3.8) is 0 Å². The van der Waals surface area contributed by atoms with Crippen LogP contribution < -0.4 is 5.73 Å². The third kappa shape index (κ3) is 3.17. The minimum atomic E-state index is 0.370. The first-order chi connectivity index (χ1) is 13.1. The zero-order chi connectivity index (χ0) is 18.8. The number of anilines is 1. The molecule has 2 N–H and O–H groups in total. The maximum Gasteiger partial charge on any atom is 0.272 e. The Hall–Kier alpha value is -3.88. The van der Waals surface area contributed by atoms with Crippen molar-refractivity contribution in [2.75, 3.05) is 5.73 Å². The van der Waals surface area contributed by atoms with Gasteiger partial charge in [-0.15, -0.1) is 15.3 Å². The van der Waals surface area contributed by atoms with Gasteiger partial charge in [0.15, 0.2) is 11.5 Å². The van der Waals surface area contributed by atoms with Crippen LogP contribution in [0.1, 0.15) is 11.5 Å². The lowest BCUT2D eigenvalue weighted by Crippen LogP contribution is -2.01. The molecule has 0 atom stereocenters. The largest absolute Gasteiger partial charge is 0.382 e. The minimum Gasteiger partial charge on any atom is -0.382 e. The SMILES string of the molecule is Cc1nc(/N=N/c2c(C)nn(-c3ccncc3)c2N)n(-c2ccccc2)n1. The van der Waals surface area contributed by atoms with Crippen LogP contribution in [0.5, 0.6) is 0 Å². The van der Waals surface area contributed by atoms with Crippen LogP contribution in [0.4, 0.5) is 17.5 Å². The summed E-state index contributed by atoms with van der Waals surface area (Å²) in [4.78, 5) is 8.35. The fourth-order valence-corrected chi connectivity index (χ4v) is 2.65. The number of para-hydroxylation sites is 1. The summed E-state index contributed by atoms with van der Waals surface area (Å²) in [5.74, 6) is 1.36. The van der Waals surface area contributed by atoms with Gasteiger partial charge in [0.05, 0.1) is 17.1 Å². The molecule has 0 amide bonds. The van der Waals surface area contributed by atoms with Gasteiger partial charge < -0.3 is 5.73 Å². The van der Waals surface area contributed by atoms with Gasteiger partial charge in [0.2, 0.25) is 0 Å². The Morgan fingerprint density at radius 1 is 0.852 bits per heavy atom. The van der Waals surface area contributed by atoms with Crippen molar-refractivity contribution >= 4 is 17.5 Å². The molecule has 0 bridgehead atoms. The Morgan fingerprint density at radius 3 is 2.30 bits per heavy atom. The number of rotatable bonds is 4. The molecule has 9 nitrogen and oxygen atoms in total. The summed E-state index contributed by atoms with van der Waals surface area (Å²) in [7, 11) is 0. The Kier molecular flexibility index (Phi) is 4.17. The zero-order valence-corrected chi connectivity index (χ0v) is 14.9. The molecule has 3 aromatic heterocycles. The van der Waals surface area contributed by atoms with Crippen LogP contribution in [0.3, 0.4) is 0 Å². The van der Waals surface area contributed by atoms with Crippen LogP contribution in [0.2, 0.25) is 0 Å². The van der Waals surface area contributed by atoms with Gasteiger partial charge in [0.1, 0.15) is 5.82 Å². The maximum absolute atomic E-state index is 6.24. The highest BCUT2D eigenvalue weighted by molar-refractivity contribution is 5.63. The third-order valence-corrected chi connectivity index (χ3v) is 3.91. The number of aromatic nitrogens is 6. The van der Waals surface area contributed by atoms with Gasteiger partial charge in [0, 0.05) is 12.4 Å². The van der Waals surface area contributed by atoms with Crippen LogP contribution in [0.25, 0.3) is 11.4 Å². The fourth-order valence-electron chi connectivity index (χ4n) is 2.65. The van der Waals surface area contributed by atoms with Gasteiger partial charge in [-0.2, -0.15) is 14.8 Å². The average Bonchev–Trinajstić information content (AvgIpc) is 3.21. The number of aryl methyl sites for hydroxylation is 2. The van der Waals surface area contributed by atoms with Crippen molar-refractivity contribution in [3.05, 3.63) is 66.4 Å². The Balaban J connectivity index is 1.72. The second kappa shape index (κ2) is 6.79. The molecule has 0 radical (unpaired) electrons. The number of hydrogen-bond acceptors (Lipinski definition) is 7. The average molecular weight is 359 g/mol. The quantitative estimate of drug-likeness (QED) is 0.561. The van der Waals surface area contributed by atoms with Crippen molar-refractivity contribution < 1.29 is 0 Å². The lowest BCUT2D eigenvalue weighted by Gasteiger charge is -2.02. The van der Waals surface area contributed by atoms with Crippen LogP contribution in [-0.2, 0) is 0 Å². The molecule has 0 saturated carbocycles. The van der Waals surface area contributed by atoms with Gasteiger partial charge in [-0.05, 0) is 38.1 Å². The summed E-state index contributed by atoms with van der Waals surface area (Å²) in [5.41, 5.74) is 9.05. The molecule has 0 aliphatic rings. The van der Waals surface area contributed by atoms with Crippen molar-refractivity contribution in [1.82, 2.24) is 29.5 Å². The number of benzene rings is 1. The fraction of sp³-hybridized carbons (Fsp3) is 0.111. The maximum atomic E-state index is 6.24. The Labute approximate surface area is 155 Å². The molecule has 27 heavy (non-hydrogen) atoms. The molecule has 0 aliphatic carbocycles. The van der Waals surface area contributed by atoms with Crippen LogP contribution in [0, 0.1) is 13.8 Å². The Bertz CT molecular complexity index is 1090. The van der Waals surface area contributed by atoms with E-state index in [1.165, 1.54) is 0 Å². The number of nitrogens with zero attached hydrogens (tertiary/aromatic N) is 8. The molecule has 3 heterocycles. The first kappa shape index (κ1) is 16.6. The lowest BCUT2D eigenvalue weighted by molar-refractivity contribution is 0.854. The van der Waals surface area contributed by atoms with E-state index >= 15 is 0 Å². The molecule has 0 saturated heterocycles. The standard InChI is InChI=1S/C18H17N9/c1-12-16(17(19)26(24-12)15-8-10-20-11-9-15)22-23-18-21-13(2)25-27(18)14-6-4-3-5-7-14/h3-11H,19H2,1-2H3/b23-22+. The molecule has 0 unspecified atom stereocenters. The molecule has 4 rings (SSSR count). The van der Waals surface area contributed by atoms with E-state index < -0.39 is 0 Å². The summed E-state index contributed by atoms with van der Waals surface area (Å²) in [5, 5.41) is 17.4. The Morgan fingerprint density at radius 2 is 1.56 bits per heavy atom. The van der Waals surface area contributed by atoms with E-state index in [0.29, 0.717) is 29.0 Å². The highest BCUT2D eigenvalue weighted by Gasteiger charge is 2.15. The number of azo groups is 1. The normalized spacial score (nSPS) is 11.3. The zero-order valence-electron chi connectivity index (χ0n) is 14.9. The van der Waals surface area contributed by atoms with Gasteiger partial charge in [-0.25, -0.2) is 4.68 Å². The number of nitrogen functional groups attached to an aromatic ring is 1. The minimum absolute atomic E-state index is 0.370. The van der Waals surface area contributed by atoms with E-state index in [1.807, 2.05) is 49.4 Å². The van der Waals surface area contributed by atoms with Crippen LogP contribution in [-0.4, -0.2) is 29.5 Å². The summed E-state index contributed by atoms with van der Waals surface area (Å²) in [6.45, 7) is 3.63. The second-order valence-electron chi connectivity index (χ2n) is 5.84. The molecule has 0 spiro atoms. The first-order valence-electron chi connectivity index (χ1n) is 8.30. The molecule has 4 aromatic rings.